The van der Waals surface area contributed by atoms with Crippen LogP contribution in [0, 0.1) is 6.92 Å². The van der Waals surface area contributed by atoms with Gasteiger partial charge in [-0.15, -0.1) is 0 Å². The summed E-state index contributed by atoms with van der Waals surface area (Å²) in [5, 5.41) is 2.85. The van der Waals surface area contributed by atoms with Crippen molar-refractivity contribution in [3.63, 3.8) is 0 Å². The monoisotopic (exact) mass is 287 g/mol. The Balaban J connectivity index is 2.81. The Labute approximate surface area is 115 Å². The van der Waals surface area contributed by atoms with Gasteiger partial charge in [0.2, 0.25) is 0 Å². The van der Waals surface area contributed by atoms with E-state index in [0.717, 1.165) is 12.1 Å². The lowest BCUT2D eigenvalue weighted by molar-refractivity contribution is -0.137. The number of halogens is 3. The smallest absolute Gasteiger partial charge is 0.416 e. The highest BCUT2D eigenvalue weighted by atomic mass is 19.4. The summed E-state index contributed by atoms with van der Waals surface area (Å²) in [7, 11) is 1.27. The van der Waals surface area contributed by atoms with Gasteiger partial charge in [0.1, 0.15) is 0 Å². The molecule has 6 heteroatoms. The van der Waals surface area contributed by atoms with Crippen LogP contribution in [0.1, 0.15) is 18.1 Å². The van der Waals surface area contributed by atoms with Gasteiger partial charge in [0, 0.05) is 17.8 Å². The first kappa shape index (κ1) is 16.1. The molecule has 0 radical (unpaired) electrons. The molecule has 20 heavy (non-hydrogen) atoms. The third kappa shape index (κ3) is 4.29. The van der Waals surface area contributed by atoms with Crippen molar-refractivity contribution < 1.29 is 22.7 Å². The van der Waals surface area contributed by atoms with Gasteiger partial charge in [-0.2, -0.15) is 13.2 Å². The molecule has 0 unspecified atom stereocenters. The standard InChI is InChI=1S/C14H16F3NO2/c1-9-4-5-11(14(15,16)17)8-12(9)18-7-6-10(2)13(19)20-3/h4-6,8,18H,7H2,1-3H3/b10-6+. The van der Waals surface area contributed by atoms with Gasteiger partial charge < -0.3 is 10.1 Å². The molecule has 0 bridgehead atoms. The minimum absolute atomic E-state index is 0.239. The Morgan fingerprint density at radius 1 is 1.40 bits per heavy atom. The number of carbonyl (C=O) groups excluding carboxylic acids is 1. The van der Waals surface area contributed by atoms with Crippen molar-refractivity contribution in [1.29, 1.82) is 0 Å². The molecule has 0 heterocycles. The summed E-state index contributed by atoms with van der Waals surface area (Å²) in [5.41, 5.74) is 0.764. The molecule has 0 amide bonds. The molecule has 0 saturated carbocycles. The molecule has 1 aromatic rings. The van der Waals surface area contributed by atoms with E-state index in [-0.39, 0.29) is 6.54 Å². The summed E-state index contributed by atoms with van der Waals surface area (Å²) in [6, 6.07) is 3.49. The van der Waals surface area contributed by atoms with E-state index in [1.165, 1.54) is 13.2 Å². The summed E-state index contributed by atoms with van der Waals surface area (Å²) in [6.45, 7) is 3.52. The maximum absolute atomic E-state index is 12.6. The molecule has 0 saturated heterocycles. The second kappa shape index (κ2) is 6.45. The number of nitrogens with one attached hydrogen (secondary N) is 1. The number of esters is 1. The zero-order chi connectivity index (χ0) is 15.3. The normalized spacial score (nSPS) is 12.2. The fraction of sp³-hybridized carbons (Fsp3) is 0.357. The maximum Gasteiger partial charge on any atom is 0.416 e. The van der Waals surface area contributed by atoms with E-state index in [2.05, 4.69) is 10.1 Å². The summed E-state index contributed by atoms with van der Waals surface area (Å²) in [5.74, 6) is -0.465. The third-order valence-electron chi connectivity index (χ3n) is 2.77. The van der Waals surface area contributed by atoms with Crippen molar-refractivity contribution in [2.45, 2.75) is 20.0 Å². The minimum Gasteiger partial charge on any atom is -0.466 e. The van der Waals surface area contributed by atoms with Crippen molar-refractivity contribution in [2.75, 3.05) is 19.0 Å². The molecule has 3 nitrogen and oxygen atoms in total. The number of benzene rings is 1. The summed E-state index contributed by atoms with van der Waals surface area (Å²) in [4.78, 5) is 11.1. The first-order chi connectivity index (χ1) is 9.25. The van der Waals surface area contributed by atoms with Gasteiger partial charge in [0.15, 0.2) is 0 Å². The Morgan fingerprint density at radius 2 is 2.05 bits per heavy atom. The van der Waals surface area contributed by atoms with Gasteiger partial charge in [0.25, 0.3) is 0 Å². The van der Waals surface area contributed by atoms with Crippen LogP contribution in [0.3, 0.4) is 0 Å². The van der Waals surface area contributed by atoms with Crippen LogP contribution in [0.25, 0.3) is 0 Å². The van der Waals surface area contributed by atoms with Crippen molar-refractivity contribution in [2.24, 2.45) is 0 Å². The number of alkyl halides is 3. The van der Waals surface area contributed by atoms with Crippen molar-refractivity contribution in [1.82, 2.24) is 0 Å². The summed E-state index contributed by atoms with van der Waals surface area (Å²) in [6.07, 6.45) is -2.81. The molecule has 0 aliphatic rings. The Hall–Kier alpha value is -1.98. The number of rotatable bonds is 4. The van der Waals surface area contributed by atoms with Gasteiger partial charge in [-0.25, -0.2) is 4.79 Å². The molecule has 1 rings (SSSR count). The number of carbonyl (C=O) groups is 1. The molecular weight excluding hydrogens is 271 g/mol. The molecule has 0 aliphatic carbocycles. The Bertz CT molecular complexity index is 522. The lowest BCUT2D eigenvalue weighted by Crippen LogP contribution is -2.09. The van der Waals surface area contributed by atoms with E-state index in [4.69, 9.17) is 0 Å². The van der Waals surface area contributed by atoms with Gasteiger partial charge in [-0.3, -0.25) is 0 Å². The van der Waals surface area contributed by atoms with Crippen LogP contribution in [0.5, 0.6) is 0 Å². The second-order valence-electron chi connectivity index (χ2n) is 4.29. The lowest BCUT2D eigenvalue weighted by Gasteiger charge is -2.12. The number of aryl methyl sites for hydroxylation is 1. The quantitative estimate of drug-likeness (QED) is 0.680. The number of hydrogen-bond donors (Lipinski definition) is 1. The first-order valence-corrected chi connectivity index (χ1v) is 5.92. The van der Waals surface area contributed by atoms with Crippen LogP contribution in [0.4, 0.5) is 18.9 Å². The fourth-order valence-corrected chi connectivity index (χ4v) is 1.55. The molecule has 0 fully saturated rings. The van der Waals surface area contributed by atoms with Gasteiger partial charge in [-0.05, 0) is 31.5 Å². The third-order valence-corrected chi connectivity index (χ3v) is 2.77. The van der Waals surface area contributed by atoms with Crippen molar-refractivity contribution >= 4 is 11.7 Å². The molecule has 1 aromatic carbocycles. The topological polar surface area (TPSA) is 38.3 Å². The SMILES string of the molecule is COC(=O)/C(C)=C/CNc1cc(C(F)(F)F)ccc1C. The molecular formula is C14H16F3NO2. The maximum atomic E-state index is 12.6. The van der Waals surface area contributed by atoms with Crippen LogP contribution in [0.15, 0.2) is 29.8 Å². The van der Waals surface area contributed by atoms with Crippen molar-refractivity contribution in [3.8, 4) is 0 Å². The summed E-state index contributed by atoms with van der Waals surface area (Å²) < 4.78 is 42.3. The highest BCUT2D eigenvalue weighted by molar-refractivity contribution is 5.87. The molecule has 1 N–H and O–H groups in total. The largest absolute Gasteiger partial charge is 0.466 e. The zero-order valence-electron chi connectivity index (χ0n) is 11.5. The number of methoxy groups -OCH3 is 1. The van der Waals surface area contributed by atoms with E-state index in [1.807, 2.05) is 0 Å². The van der Waals surface area contributed by atoms with Gasteiger partial charge in [-0.1, -0.05) is 12.1 Å². The second-order valence-corrected chi connectivity index (χ2v) is 4.29. The van der Waals surface area contributed by atoms with Gasteiger partial charge >= 0.3 is 12.1 Å². The molecule has 110 valence electrons. The van der Waals surface area contributed by atoms with Crippen LogP contribution >= 0.6 is 0 Å². The van der Waals surface area contributed by atoms with E-state index < -0.39 is 17.7 Å². The highest BCUT2D eigenvalue weighted by Gasteiger charge is 2.30. The van der Waals surface area contributed by atoms with Crippen LogP contribution < -0.4 is 5.32 Å². The van der Waals surface area contributed by atoms with Crippen molar-refractivity contribution in [3.05, 3.63) is 41.0 Å². The molecule has 0 aromatic heterocycles. The fourth-order valence-electron chi connectivity index (χ4n) is 1.55. The average Bonchev–Trinajstić information content (AvgIpc) is 2.38. The average molecular weight is 287 g/mol. The van der Waals surface area contributed by atoms with Crippen LogP contribution in [0.2, 0.25) is 0 Å². The van der Waals surface area contributed by atoms with E-state index in [0.29, 0.717) is 16.8 Å². The molecule has 0 spiro atoms. The Morgan fingerprint density at radius 3 is 2.60 bits per heavy atom. The number of ether oxygens (including phenoxy) is 1. The van der Waals surface area contributed by atoms with E-state index >= 15 is 0 Å². The predicted octanol–water partition coefficient (Wildman–Crippen LogP) is 3.55. The van der Waals surface area contributed by atoms with E-state index in [1.54, 1.807) is 19.9 Å². The zero-order valence-corrected chi connectivity index (χ0v) is 11.5. The number of anilines is 1. The van der Waals surface area contributed by atoms with Crippen LogP contribution in [-0.2, 0) is 15.7 Å². The summed E-state index contributed by atoms with van der Waals surface area (Å²) >= 11 is 0. The first-order valence-electron chi connectivity index (χ1n) is 5.92. The lowest BCUT2D eigenvalue weighted by atomic mass is 10.1. The molecule has 0 atom stereocenters. The van der Waals surface area contributed by atoms with Gasteiger partial charge in [0.05, 0.1) is 12.7 Å². The number of hydrogen-bond acceptors (Lipinski definition) is 3. The minimum atomic E-state index is -4.37. The molecule has 0 aliphatic heterocycles. The van der Waals surface area contributed by atoms with Crippen LogP contribution in [-0.4, -0.2) is 19.6 Å². The van der Waals surface area contributed by atoms with E-state index in [9.17, 15) is 18.0 Å². The predicted molar refractivity (Wildman–Crippen MR) is 70.4 cm³/mol. The highest BCUT2D eigenvalue weighted by Crippen LogP contribution is 2.31. The Kier molecular flexibility index (Phi) is 5.19.